The van der Waals surface area contributed by atoms with Crippen LogP contribution in [0.2, 0.25) is 0 Å². The summed E-state index contributed by atoms with van der Waals surface area (Å²) in [6, 6.07) is 0. The normalized spacial score (nSPS) is 11.0. The number of carboxylic acid groups (broad SMARTS) is 2. The van der Waals surface area contributed by atoms with Gasteiger partial charge in [0.1, 0.15) is 0 Å². The number of hydrogen-bond donors (Lipinski definition) is 0. The van der Waals surface area contributed by atoms with Gasteiger partial charge in [-0.2, -0.15) is 0 Å². The van der Waals surface area contributed by atoms with Crippen molar-refractivity contribution in [2.45, 2.75) is 194 Å². The van der Waals surface area contributed by atoms with E-state index >= 15 is 0 Å². The number of rotatable bonds is 30. The minimum absolute atomic E-state index is 0. The van der Waals surface area contributed by atoms with Crippen molar-refractivity contribution in [1.82, 2.24) is 0 Å². The van der Waals surface area contributed by atoms with Crippen LogP contribution in [0.4, 0.5) is 0 Å². The number of carbonyl (C=O) groups is 2. The maximum atomic E-state index is 10.2. The summed E-state index contributed by atoms with van der Waals surface area (Å²) in [5.41, 5.74) is 0. The minimum atomic E-state index is -0.914. The predicted octanol–water partition coefficient (Wildman–Crippen LogP) is 9.55. The summed E-state index contributed by atoms with van der Waals surface area (Å²) < 4.78 is 0. The van der Waals surface area contributed by atoms with Gasteiger partial charge in [0.15, 0.2) is 0 Å². The molecule has 4 nitrogen and oxygen atoms in total. The van der Waals surface area contributed by atoms with Gasteiger partial charge in [-0.05, 0) is 77.0 Å². The molecule has 0 heterocycles. The van der Waals surface area contributed by atoms with E-state index in [1.54, 1.807) is 0 Å². The zero-order chi connectivity index (χ0) is 29.8. The summed E-state index contributed by atoms with van der Waals surface area (Å²) in [4.78, 5) is 20.4. The fraction of sp³-hybridized carbons (Fsp3) is 0.833. The fourth-order valence-corrected chi connectivity index (χ4v) is 4.68. The smallest absolute Gasteiger partial charge is 0.550 e. The molecular formula is C36H66O4Rh. The first-order valence-electron chi connectivity index (χ1n) is 17.2. The Morgan fingerprint density at radius 3 is 0.854 bits per heavy atom. The molecule has 0 aromatic carbocycles. The van der Waals surface area contributed by atoms with Gasteiger partial charge in [0.05, 0.1) is 0 Å². The van der Waals surface area contributed by atoms with Crippen LogP contribution in [0.3, 0.4) is 0 Å². The minimum Gasteiger partial charge on any atom is -0.550 e. The third-order valence-corrected chi connectivity index (χ3v) is 7.29. The van der Waals surface area contributed by atoms with Crippen LogP contribution in [0.5, 0.6) is 0 Å². The van der Waals surface area contributed by atoms with Gasteiger partial charge in [-0.1, -0.05) is 141 Å². The molecule has 0 rings (SSSR count). The zero-order valence-electron chi connectivity index (χ0n) is 27.1. The van der Waals surface area contributed by atoms with Crippen molar-refractivity contribution in [3.05, 3.63) is 24.3 Å². The Kier molecular flexibility index (Phi) is 44.7. The van der Waals surface area contributed by atoms with Gasteiger partial charge in [0, 0.05) is 11.9 Å². The molecule has 1 radical (unpaired) electrons. The standard InChI is InChI=1S/2C18H34O2.Rh/c2*1-2-3-4-5-6-7-8-9-10-11-12-13-14-15-16-17-18(19)20;/h2*9-10H,2-8,11-17H2,1H3,(H,19,20);/q;;+2/p-2/b2*10-9-;. The first-order chi connectivity index (χ1) is 19.5. The SMILES string of the molecule is CCCCCCCC/C=C\CCCCCCCC(=O)[O-].CCCCCCCC/C=C\CCCCCCCC(=O)[O-].[Rh+2]. The van der Waals surface area contributed by atoms with Crippen LogP contribution in [0.1, 0.15) is 194 Å². The van der Waals surface area contributed by atoms with Crippen molar-refractivity contribution < 1.29 is 39.3 Å². The van der Waals surface area contributed by atoms with Gasteiger partial charge in [-0.3, -0.25) is 0 Å². The molecule has 0 amide bonds. The number of hydrogen-bond acceptors (Lipinski definition) is 4. The third-order valence-electron chi connectivity index (χ3n) is 7.29. The van der Waals surface area contributed by atoms with Gasteiger partial charge in [-0.25, -0.2) is 0 Å². The Balaban J connectivity index is -0.000000688. The van der Waals surface area contributed by atoms with E-state index in [1.165, 1.54) is 128 Å². The summed E-state index contributed by atoms with van der Waals surface area (Å²) in [6.45, 7) is 4.51. The Labute approximate surface area is 268 Å². The van der Waals surface area contributed by atoms with Crippen LogP contribution in [-0.2, 0) is 29.1 Å². The molecule has 0 N–H and O–H groups in total. The van der Waals surface area contributed by atoms with E-state index in [0.29, 0.717) is 0 Å². The molecule has 243 valence electrons. The topological polar surface area (TPSA) is 80.3 Å². The molecule has 0 saturated carbocycles. The van der Waals surface area contributed by atoms with Crippen LogP contribution in [0, 0.1) is 0 Å². The van der Waals surface area contributed by atoms with Crippen LogP contribution < -0.4 is 10.2 Å². The van der Waals surface area contributed by atoms with E-state index in [1.807, 2.05) is 0 Å². The van der Waals surface area contributed by atoms with Gasteiger partial charge < -0.3 is 19.8 Å². The molecule has 0 bridgehead atoms. The summed E-state index contributed by atoms with van der Waals surface area (Å²) in [6.07, 6.45) is 41.8. The van der Waals surface area contributed by atoms with Gasteiger partial charge in [0.25, 0.3) is 0 Å². The molecule has 0 atom stereocenters. The second kappa shape index (κ2) is 41.2. The monoisotopic (exact) mass is 665 g/mol. The van der Waals surface area contributed by atoms with Crippen LogP contribution in [-0.4, -0.2) is 11.9 Å². The van der Waals surface area contributed by atoms with E-state index in [9.17, 15) is 19.8 Å². The average Bonchev–Trinajstić information content (AvgIpc) is 2.93. The molecule has 0 aromatic heterocycles. The largest absolute Gasteiger partial charge is 2.00 e. The molecule has 0 saturated heterocycles. The quantitative estimate of drug-likeness (QED) is 0.0435. The molecule has 41 heavy (non-hydrogen) atoms. The van der Waals surface area contributed by atoms with Crippen molar-refractivity contribution in [3.63, 3.8) is 0 Å². The van der Waals surface area contributed by atoms with E-state index in [4.69, 9.17) is 0 Å². The van der Waals surface area contributed by atoms with Gasteiger partial charge in [-0.15, -0.1) is 0 Å². The Morgan fingerprint density at radius 2 is 0.610 bits per heavy atom. The Morgan fingerprint density at radius 1 is 0.390 bits per heavy atom. The number of allylic oxidation sites excluding steroid dienone is 4. The van der Waals surface area contributed by atoms with Crippen LogP contribution in [0.15, 0.2) is 24.3 Å². The molecule has 0 fully saturated rings. The average molecular weight is 666 g/mol. The summed E-state index contributed by atoms with van der Waals surface area (Å²) in [7, 11) is 0. The van der Waals surface area contributed by atoms with Gasteiger partial charge in [0.2, 0.25) is 0 Å². The van der Waals surface area contributed by atoms with Crippen molar-refractivity contribution in [1.29, 1.82) is 0 Å². The molecule has 5 heteroatoms. The maximum Gasteiger partial charge on any atom is 2.00 e. The number of carboxylic acids is 2. The number of unbranched alkanes of at least 4 members (excludes halogenated alkanes) is 22. The van der Waals surface area contributed by atoms with E-state index < -0.39 is 11.9 Å². The van der Waals surface area contributed by atoms with Crippen molar-refractivity contribution >= 4 is 11.9 Å². The molecular weight excluding hydrogens is 599 g/mol. The summed E-state index contributed by atoms with van der Waals surface area (Å²) in [5, 5.41) is 20.4. The predicted molar refractivity (Wildman–Crippen MR) is 169 cm³/mol. The van der Waals surface area contributed by atoms with Crippen LogP contribution >= 0.6 is 0 Å². The second-order valence-corrected chi connectivity index (χ2v) is 11.4. The summed E-state index contributed by atoms with van der Waals surface area (Å²) >= 11 is 0. The molecule has 0 aromatic rings. The second-order valence-electron chi connectivity index (χ2n) is 11.4. The summed E-state index contributed by atoms with van der Waals surface area (Å²) in [5.74, 6) is -1.83. The zero-order valence-corrected chi connectivity index (χ0v) is 28.7. The first-order valence-corrected chi connectivity index (χ1v) is 17.2. The molecule has 0 aliphatic heterocycles. The molecule has 0 aliphatic rings. The maximum absolute atomic E-state index is 10.2. The number of carbonyl (C=O) groups excluding carboxylic acids is 2. The molecule has 0 unspecified atom stereocenters. The van der Waals surface area contributed by atoms with E-state index in [-0.39, 0.29) is 32.3 Å². The van der Waals surface area contributed by atoms with Crippen LogP contribution in [0.25, 0.3) is 0 Å². The number of aliphatic carboxylic acids is 2. The Bertz CT molecular complexity index is 524. The fourth-order valence-electron chi connectivity index (χ4n) is 4.68. The first kappa shape index (κ1) is 44.5. The third kappa shape index (κ3) is 49.1. The van der Waals surface area contributed by atoms with Crippen molar-refractivity contribution in [3.8, 4) is 0 Å². The van der Waals surface area contributed by atoms with Crippen molar-refractivity contribution in [2.24, 2.45) is 0 Å². The van der Waals surface area contributed by atoms with E-state index in [2.05, 4.69) is 38.2 Å². The van der Waals surface area contributed by atoms with Crippen molar-refractivity contribution in [2.75, 3.05) is 0 Å². The van der Waals surface area contributed by atoms with Gasteiger partial charge >= 0.3 is 19.5 Å². The molecule has 0 aliphatic carbocycles. The Hall–Kier alpha value is -0.957. The van der Waals surface area contributed by atoms with E-state index in [0.717, 1.165) is 38.5 Å². The molecule has 0 spiro atoms.